The topological polar surface area (TPSA) is 30.3 Å². The monoisotopic (exact) mass is 293 g/mol. The Morgan fingerprint density at radius 2 is 1.82 bits per heavy atom. The quantitative estimate of drug-likeness (QED) is 0.743. The molecule has 1 aromatic heterocycles. The molecule has 4 rings (SSSR count). The lowest BCUT2D eigenvalue weighted by molar-refractivity contribution is 0.189. The molecule has 1 saturated heterocycles. The van der Waals surface area contributed by atoms with Gasteiger partial charge in [-0.1, -0.05) is 30.3 Å². The SMILES string of the molecule is CN1CCC(Oc2nc3ccccc3n2-c2ccccc2)C1. The number of hydrogen-bond donors (Lipinski definition) is 0. The van der Waals surface area contributed by atoms with Gasteiger partial charge in [0.15, 0.2) is 0 Å². The van der Waals surface area contributed by atoms with Crippen molar-refractivity contribution in [3.63, 3.8) is 0 Å². The van der Waals surface area contributed by atoms with Crippen LogP contribution in [0, 0.1) is 0 Å². The third-order valence-corrected chi connectivity index (χ3v) is 4.16. The molecular formula is C18H19N3O. The van der Waals surface area contributed by atoms with Gasteiger partial charge in [0, 0.05) is 13.1 Å². The van der Waals surface area contributed by atoms with E-state index < -0.39 is 0 Å². The predicted molar refractivity (Wildman–Crippen MR) is 87.6 cm³/mol. The van der Waals surface area contributed by atoms with Crippen LogP contribution in [0.3, 0.4) is 0 Å². The molecule has 0 N–H and O–H groups in total. The van der Waals surface area contributed by atoms with Gasteiger partial charge in [0.25, 0.3) is 0 Å². The molecule has 0 spiro atoms. The first kappa shape index (κ1) is 13.3. The Balaban J connectivity index is 1.80. The third-order valence-electron chi connectivity index (χ3n) is 4.16. The minimum Gasteiger partial charge on any atom is -0.460 e. The number of benzene rings is 2. The zero-order valence-electron chi connectivity index (χ0n) is 12.6. The van der Waals surface area contributed by atoms with Crippen LogP contribution in [0.5, 0.6) is 6.01 Å². The fraction of sp³-hybridized carbons (Fsp3) is 0.278. The molecule has 1 fully saturated rings. The van der Waals surface area contributed by atoms with Crippen LogP contribution in [0.4, 0.5) is 0 Å². The minimum absolute atomic E-state index is 0.212. The van der Waals surface area contributed by atoms with E-state index in [9.17, 15) is 0 Å². The largest absolute Gasteiger partial charge is 0.460 e. The highest BCUT2D eigenvalue weighted by atomic mass is 16.5. The fourth-order valence-electron chi connectivity index (χ4n) is 3.05. The van der Waals surface area contributed by atoms with Crippen LogP contribution in [0.25, 0.3) is 16.7 Å². The van der Waals surface area contributed by atoms with Crippen LogP contribution in [0.1, 0.15) is 6.42 Å². The number of likely N-dealkylation sites (N-methyl/N-ethyl adjacent to an activating group) is 1. The van der Waals surface area contributed by atoms with Gasteiger partial charge in [-0.15, -0.1) is 0 Å². The van der Waals surface area contributed by atoms with Gasteiger partial charge >= 0.3 is 6.01 Å². The second-order valence-electron chi connectivity index (χ2n) is 5.84. The van der Waals surface area contributed by atoms with E-state index >= 15 is 0 Å². The first-order valence-electron chi connectivity index (χ1n) is 7.69. The van der Waals surface area contributed by atoms with E-state index in [1.54, 1.807) is 0 Å². The van der Waals surface area contributed by atoms with E-state index in [1.165, 1.54) is 0 Å². The zero-order valence-corrected chi connectivity index (χ0v) is 12.6. The van der Waals surface area contributed by atoms with Gasteiger partial charge in [-0.05, 0) is 37.7 Å². The number of para-hydroxylation sites is 3. The molecule has 4 heteroatoms. The minimum atomic E-state index is 0.212. The molecule has 22 heavy (non-hydrogen) atoms. The van der Waals surface area contributed by atoms with E-state index in [4.69, 9.17) is 9.72 Å². The summed E-state index contributed by atoms with van der Waals surface area (Å²) in [6.45, 7) is 2.04. The zero-order chi connectivity index (χ0) is 14.9. The lowest BCUT2D eigenvalue weighted by Gasteiger charge is -2.15. The highest BCUT2D eigenvalue weighted by Crippen LogP contribution is 2.27. The van der Waals surface area contributed by atoms with Gasteiger partial charge in [-0.25, -0.2) is 0 Å². The molecule has 112 valence electrons. The second kappa shape index (κ2) is 5.46. The molecule has 0 bridgehead atoms. The van der Waals surface area contributed by atoms with E-state index in [0.29, 0.717) is 6.01 Å². The van der Waals surface area contributed by atoms with Crippen LogP contribution >= 0.6 is 0 Å². The highest BCUT2D eigenvalue weighted by Gasteiger charge is 2.24. The van der Waals surface area contributed by atoms with Crippen LogP contribution in [0.2, 0.25) is 0 Å². The van der Waals surface area contributed by atoms with Crippen molar-refractivity contribution in [1.29, 1.82) is 0 Å². The van der Waals surface area contributed by atoms with Crippen molar-refractivity contribution in [3.05, 3.63) is 54.6 Å². The summed E-state index contributed by atoms with van der Waals surface area (Å²) in [5.41, 5.74) is 3.13. The summed E-state index contributed by atoms with van der Waals surface area (Å²) < 4.78 is 8.33. The van der Waals surface area contributed by atoms with E-state index in [-0.39, 0.29) is 6.10 Å². The van der Waals surface area contributed by atoms with Crippen LogP contribution in [-0.2, 0) is 0 Å². The Hall–Kier alpha value is -2.33. The highest BCUT2D eigenvalue weighted by molar-refractivity contribution is 5.79. The number of fused-ring (bicyclic) bond motifs is 1. The summed E-state index contributed by atoms with van der Waals surface area (Å²) in [6.07, 6.45) is 1.26. The van der Waals surface area contributed by atoms with Crippen molar-refractivity contribution >= 4 is 11.0 Å². The third kappa shape index (κ3) is 2.35. The summed E-state index contributed by atoms with van der Waals surface area (Å²) in [6, 6.07) is 19.1. The average molecular weight is 293 g/mol. The summed E-state index contributed by atoms with van der Waals surface area (Å²) in [5.74, 6) is 0. The number of likely N-dealkylation sites (tertiary alicyclic amines) is 1. The Morgan fingerprint density at radius 1 is 1.05 bits per heavy atom. The maximum absolute atomic E-state index is 6.23. The molecule has 0 amide bonds. The second-order valence-corrected chi connectivity index (χ2v) is 5.84. The number of ether oxygens (including phenoxy) is 1. The normalized spacial score (nSPS) is 18.9. The van der Waals surface area contributed by atoms with Crippen molar-refractivity contribution in [2.24, 2.45) is 0 Å². The first-order valence-corrected chi connectivity index (χ1v) is 7.69. The first-order chi connectivity index (χ1) is 10.8. The van der Waals surface area contributed by atoms with Crippen molar-refractivity contribution in [2.75, 3.05) is 20.1 Å². The predicted octanol–water partition coefficient (Wildman–Crippen LogP) is 3.11. The van der Waals surface area contributed by atoms with Gasteiger partial charge < -0.3 is 9.64 Å². The van der Waals surface area contributed by atoms with Gasteiger partial charge in [0.2, 0.25) is 0 Å². The standard InChI is InChI=1S/C18H19N3O/c1-20-12-11-15(13-20)22-18-19-16-9-5-6-10-17(16)21(18)14-7-3-2-4-8-14/h2-10,15H,11-13H2,1H3. The fourth-order valence-corrected chi connectivity index (χ4v) is 3.05. The molecule has 4 nitrogen and oxygen atoms in total. The number of imidazole rings is 1. The molecule has 3 aromatic rings. The summed E-state index contributed by atoms with van der Waals surface area (Å²) in [5, 5.41) is 0. The van der Waals surface area contributed by atoms with Crippen molar-refractivity contribution < 1.29 is 4.74 Å². The summed E-state index contributed by atoms with van der Waals surface area (Å²) in [7, 11) is 2.13. The molecular weight excluding hydrogens is 274 g/mol. The van der Waals surface area contributed by atoms with Gasteiger partial charge in [0.05, 0.1) is 16.7 Å². The van der Waals surface area contributed by atoms with Gasteiger partial charge in [0.1, 0.15) is 6.10 Å². The van der Waals surface area contributed by atoms with E-state index in [1.807, 2.05) is 36.4 Å². The van der Waals surface area contributed by atoms with Crippen LogP contribution in [0.15, 0.2) is 54.6 Å². The van der Waals surface area contributed by atoms with Crippen molar-refractivity contribution in [2.45, 2.75) is 12.5 Å². The Labute approximate surface area is 130 Å². The maximum atomic E-state index is 6.23. The molecule has 2 aromatic carbocycles. The van der Waals surface area contributed by atoms with Crippen LogP contribution in [-0.4, -0.2) is 40.7 Å². The molecule has 0 radical (unpaired) electrons. The Morgan fingerprint density at radius 3 is 2.59 bits per heavy atom. The Bertz CT molecular complexity index is 781. The molecule has 2 heterocycles. The van der Waals surface area contributed by atoms with Crippen molar-refractivity contribution in [3.8, 4) is 11.7 Å². The van der Waals surface area contributed by atoms with Crippen molar-refractivity contribution in [1.82, 2.24) is 14.5 Å². The lowest BCUT2D eigenvalue weighted by Crippen LogP contribution is -2.22. The van der Waals surface area contributed by atoms with Crippen LogP contribution < -0.4 is 4.74 Å². The molecule has 1 unspecified atom stereocenters. The number of nitrogens with zero attached hydrogens (tertiary/aromatic N) is 3. The Kier molecular flexibility index (Phi) is 3.31. The lowest BCUT2D eigenvalue weighted by atomic mass is 10.3. The number of hydrogen-bond acceptors (Lipinski definition) is 3. The summed E-state index contributed by atoms with van der Waals surface area (Å²) >= 11 is 0. The molecule has 1 atom stereocenters. The van der Waals surface area contributed by atoms with Gasteiger partial charge in [-0.2, -0.15) is 4.98 Å². The molecule has 1 aliphatic heterocycles. The van der Waals surface area contributed by atoms with E-state index in [0.717, 1.165) is 36.2 Å². The number of aromatic nitrogens is 2. The maximum Gasteiger partial charge on any atom is 0.302 e. The smallest absolute Gasteiger partial charge is 0.302 e. The van der Waals surface area contributed by atoms with Gasteiger partial charge in [-0.3, -0.25) is 4.57 Å². The summed E-state index contributed by atoms with van der Waals surface area (Å²) in [4.78, 5) is 6.99. The number of rotatable bonds is 3. The molecule has 0 saturated carbocycles. The van der Waals surface area contributed by atoms with E-state index in [2.05, 4.69) is 34.7 Å². The molecule has 0 aliphatic carbocycles. The molecule has 1 aliphatic rings. The average Bonchev–Trinajstić information content (AvgIpc) is 3.11.